The summed E-state index contributed by atoms with van der Waals surface area (Å²) in [7, 11) is 0. The van der Waals surface area contributed by atoms with Crippen molar-refractivity contribution in [2.24, 2.45) is 5.92 Å². The molecule has 2 aliphatic rings. The molecular formula is C16H26N4O. The minimum atomic E-state index is 0.0641. The van der Waals surface area contributed by atoms with E-state index in [0.717, 1.165) is 18.7 Å². The van der Waals surface area contributed by atoms with Gasteiger partial charge in [0.25, 0.3) is 0 Å². The number of aromatic amines is 1. The maximum atomic E-state index is 12.6. The maximum Gasteiger partial charge on any atom is 0.318 e. The lowest BCUT2D eigenvalue weighted by Gasteiger charge is -2.41. The van der Waals surface area contributed by atoms with Gasteiger partial charge in [-0.15, -0.1) is 0 Å². The van der Waals surface area contributed by atoms with Gasteiger partial charge in [0.1, 0.15) is 0 Å². The van der Waals surface area contributed by atoms with Crippen molar-refractivity contribution < 1.29 is 4.79 Å². The lowest BCUT2D eigenvalue weighted by Crippen LogP contribution is -2.49. The summed E-state index contributed by atoms with van der Waals surface area (Å²) in [6, 6.07) is 0.387. The Morgan fingerprint density at radius 1 is 1.38 bits per heavy atom. The predicted octanol–water partition coefficient (Wildman–Crippen LogP) is 3.01. The van der Waals surface area contributed by atoms with Crippen molar-refractivity contribution >= 4 is 6.03 Å². The number of fused-ring (bicyclic) bond motifs is 1. The second-order valence-corrected chi connectivity index (χ2v) is 6.66. The number of H-pyrrole nitrogens is 1. The van der Waals surface area contributed by atoms with Crippen molar-refractivity contribution in [1.82, 2.24) is 20.2 Å². The zero-order chi connectivity index (χ0) is 14.8. The fraction of sp³-hybridized carbons (Fsp3) is 0.750. The quantitative estimate of drug-likeness (QED) is 0.879. The number of hydrogen-bond donors (Lipinski definition) is 2. The SMILES string of the molecule is CC(C)NC(=O)N1CCc2[nH]cnc2C1C1CCCCC1. The molecule has 0 saturated heterocycles. The van der Waals surface area contributed by atoms with Gasteiger partial charge in [0.2, 0.25) is 0 Å². The number of carbonyl (C=O) groups is 1. The standard InChI is InChI=1S/C16H26N4O/c1-11(2)19-16(21)20-9-8-13-14(18-10-17-13)15(20)12-6-4-3-5-7-12/h10-12,15H,3-9H2,1-2H3,(H,17,18)(H,19,21). The predicted molar refractivity (Wildman–Crippen MR) is 82.0 cm³/mol. The number of carbonyl (C=O) groups excluding carboxylic acids is 1. The molecule has 1 atom stereocenters. The molecule has 1 aromatic rings. The van der Waals surface area contributed by atoms with Crippen LogP contribution in [0.2, 0.25) is 0 Å². The minimum absolute atomic E-state index is 0.0641. The number of amides is 2. The molecule has 5 nitrogen and oxygen atoms in total. The molecule has 1 aromatic heterocycles. The first-order valence-corrected chi connectivity index (χ1v) is 8.26. The Bertz CT molecular complexity index is 490. The number of rotatable bonds is 2. The summed E-state index contributed by atoms with van der Waals surface area (Å²) in [5.41, 5.74) is 2.33. The molecule has 1 fully saturated rings. The van der Waals surface area contributed by atoms with E-state index in [1.165, 1.54) is 37.8 Å². The Morgan fingerprint density at radius 3 is 2.86 bits per heavy atom. The van der Waals surface area contributed by atoms with Crippen LogP contribution in [0.3, 0.4) is 0 Å². The van der Waals surface area contributed by atoms with Gasteiger partial charge < -0.3 is 15.2 Å². The van der Waals surface area contributed by atoms with E-state index in [-0.39, 0.29) is 18.1 Å². The number of imidazole rings is 1. The highest BCUT2D eigenvalue weighted by atomic mass is 16.2. The van der Waals surface area contributed by atoms with Gasteiger partial charge in [0, 0.05) is 24.7 Å². The first kappa shape index (κ1) is 14.4. The molecular weight excluding hydrogens is 264 g/mol. The van der Waals surface area contributed by atoms with E-state index in [1.54, 1.807) is 6.33 Å². The molecule has 0 spiro atoms. The topological polar surface area (TPSA) is 61.0 Å². The van der Waals surface area contributed by atoms with Gasteiger partial charge in [0.05, 0.1) is 18.1 Å². The summed E-state index contributed by atoms with van der Waals surface area (Å²) in [4.78, 5) is 22.4. The van der Waals surface area contributed by atoms with E-state index in [0.29, 0.717) is 5.92 Å². The smallest absolute Gasteiger partial charge is 0.318 e. The lowest BCUT2D eigenvalue weighted by atomic mass is 9.80. The Labute approximate surface area is 126 Å². The number of aromatic nitrogens is 2. The van der Waals surface area contributed by atoms with Crippen molar-refractivity contribution in [3.8, 4) is 0 Å². The van der Waals surface area contributed by atoms with Gasteiger partial charge in [-0.05, 0) is 32.6 Å². The Hall–Kier alpha value is -1.52. The molecule has 1 aliphatic carbocycles. The molecule has 3 rings (SSSR count). The summed E-state index contributed by atoms with van der Waals surface area (Å²) < 4.78 is 0. The van der Waals surface area contributed by atoms with E-state index in [1.807, 2.05) is 18.7 Å². The van der Waals surface area contributed by atoms with Crippen LogP contribution >= 0.6 is 0 Å². The lowest BCUT2D eigenvalue weighted by molar-refractivity contribution is 0.118. The van der Waals surface area contributed by atoms with Gasteiger partial charge in [-0.3, -0.25) is 0 Å². The number of nitrogens with zero attached hydrogens (tertiary/aromatic N) is 2. The van der Waals surface area contributed by atoms with Gasteiger partial charge in [-0.2, -0.15) is 0 Å². The summed E-state index contributed by atoms with van der Waals surface area (Å²) >= 11 is 0. The van der Waals surface area contributed by atoms with Crippen molar-refractivity contribution in [3.05, 3.63) is 17.7 Å². The van der Waals surface area contributed by atoms with Crippen molar-refractivity contribution in [1.29, 1.82) is 0 Å². The second-order valence-electron chi connectivity index (χ2n) is 6.66. The first-order valence-electron chi connectivity index (χ1n) is 8.26. The fourth-order valence-electron chi connectivity index (χ4n) is 3.79. The van der Waals surface area contributed by atoms with Crippen LogP contribution in [0.4, 0.5) is 4.79 Å². The van der Waals surface area contributed by atoms with Crippen LogP contribution < -0.4 is 5.32 Å². The zero-order valence-electron chi connectivity index (χ0n) is 13.1. The normalized spacial score (nSPS) is 23.2. The highest BCUT2D eigenvalue weighted by Crippen LogP contribution is 2.40. The fourth-order valence-corrected chi connectivity index (χ4v) is 3.79. The van der Waals surface area contributed by atoms with Crippen LogP contribution in [0.5, 0.6) is 0 Å². The van der Waals surface area contributed by atoms with Gasteiger partial charge >= 0.3 is 6.03 Å². The summed E-state index contributed by atoms with van der Waals surface area (Å²) in [5.74, 6) is 0.555. The van der Waals surface area contributed by atoms with Crippen LogP contribution in [0.25, 0.3) is 0 Å². The minimum Gasteiger partial charge on any atom is -0.348 e. The summed E-state index contributed by atoms with van der Waals surface area (Å²) in [6.45, 7) is 4.81. The molecule has 2 heterocycles. The molecule has 1 unspecified atom stereocenters. The van der Waals surface area contributed by atoms with Gasteiger partial charge in [-0.1, -0.05) is 19.3 Å². The number of urea groups is 1. The van der Waals surface area contributed by atoms with Crippen LogP contribution in [0.1, 0.15) is 63.4 Å². The van der Waals surface area contributed by atoms with Gasteiger partial charge in [0.15, 0.2) is 0 Å². The highest BCUT2D eigenvalue weighted by Gasteiger charge is 2.38. The van der Waals surface area contributed by atoms with Crippen molar-refractivity contribution in [2.45, 2.75) is 64.5 Å². The monoisotopic (exact) mass is 290 g/mol. The van der Waals surface area contributed by atoms with Crippen LogP contribution in [-0.4, -0.2) is 33.5 Å². The van der Waals surface area contributed by atoms with Crippen LogP contribution in [-0.2, 0) is 6.42 Å². The van der Waals surface area contributed by atoms with E-state index < -0.39 is 0 Å². The molecule has 2 N–H and O–H groups in total. The summed E-state index contributed by atoms with van der Waals surface area (Å²) in [6.07, 6.45) is 8.97. The molecule has 21 heavy (non-hydrogen) atoms. The Kier molecular flexibility index (Phi) is 4.17. The molecule has 0 aromatic carbocycles. The number of hydrogen-bond acceptors (Lipinski definition) is 2. The third-order valence-corrected chi connectivity index (χ3v) is 4.74. The van der Waals surface area contributed by atoms with Crippen LogP contribution in [0, 0.1) is 5.92 Å². The molecule has 0 radical (unpaired) electrons. The average molecular weight is 290 g/mol. The first-order chi connectivity index (χ1) is 10.2. The van der Waals surface area contributed by atoms with E-state index in [2.05, 4.69) is 15.3 Å². The molecule has 5 heteroatoms. The Balaban J connectivity index is 1.86. The zero-order valence-corrected chi connectivity index (χ0v) is 13.1. The average Bonchev–Trinajstić information content (AvgIpc) is 2.94. The highest BCUT2D eigenvalue weighted by molar-refractivity contribution is 5.75. The number of nitrogens with one attached hydrogen (secondary N) is 2. The molecule has 1 aliphatic heterocycles. The third-order valence-electron chi connectivity index (χ3n) is 4.74. The van der Waals surface area contributed by atoms with E-state index >= 15 is 0 Å². The van der Waals surface area contributed by atoms with Crippen molar-refractivity contribution in [3.63, 3.8) is 0 Å². The van der Waals surface area contributed by atoms with E-state index in [4.69, 9.17) is 0 Å². The van der Waals surface area contributed by atoms with Crippen LogP contribution in [0.15, 0.2) is 6.33 Å². The van der Waals surface area contributed by atoms with Gasteiger partial charge in [-0.25, -0.2) is 9.78 Å². The molecule has 1 saturated carbocycles. The largest absolute Gasteiger partial charge is 0.348 e. The van der Waals surface area contributed by atoms with E-state index in [9.17, 15) is 4.79 Å². The van der Waals surface area contributed by atoms with Crippen molar-refractivity contribution in [2.75, 3.05) is 6.54 Å². The third kappa shape index (κ3) is 2.92. The maximum absolute atomic E-state index is 12.6. The molecule has 0 bridgehead atoms. The second kappa shape index (κ2) is 6.08. The summed E-state index contributed by atoms with van der Waals surface area (Å²) in [5, 5.41) is 3.05. The molecule has 116 valence electrons. The Morgan fingerprint density at radius 2 is 2.14 bits per heavy atom. The molecule has 2 amide bonds.